The number of hydrogen-bond acceptors (Lipinski definition) is 4. The minimum atomic E-state index is -0.674. The van der Waals surface area contributed by atoms with Gasteiger partial charge in [0.25, 0.3) is 5.91 Å². The third-order valence-corrected chi connectivity index (χ3v) is 4.09. The van der Waals surface area contributed by atoms with Crippen LogP contribution in [0.25, 0.3) is 0 Å². The van der Waals surface area contributed by atoms with Crippen LogP contribution < -0.4 is 10.1 Å². The summed E-state index contributed by atoms with van der Waals surface area (Å²) in [5.41, 5.74) is 0.892. The second kappa shape index (κ2) is 7.44. The quantitative estimate of drug-likeness (QED) is 0.724. The molecule has 1 amide bonds. The van der Waals surface area contributed by atoms with Crippen molar-refractivity contribution in [2.24, 2.45) is 0 Å². The van der Waals surface area contributed by atoms with Crippen molar-refractivity contribution in [3.8, 4) is 5.75 Å². The molecule has 3 aromatic rings. The van der Waals surface area contributed by atoms with E-state index in [1.807, 2.05) is 13.0 Å². The molecule has 0 unspecified atom stereocenters. The third kappa shape index (κ3) is 4.22. The molecule has 0 radical (unpaired) electrons. The summed E-state index contributed by atoms with van der Waals surface area (Å²) in [5, 5.41) is 7.67. The number of aromatic nitrogens is 2. The molecule has 0 bridgehead atoms. The molecule has 0 fully saturated rings. The van der Waals surface area contributed by atoms with Crippen molar-refractivity contribution in [1.82, 2.24) is 9.78 Å². The maximum atomic E-state index is 12.4. The molecule has 1 N–H and O–H groups in total. The number of nitrogens with one attached hydrogen (secondary N) is 1. The molecule has 6 nitrogen and oxygen atoms in total. The van der Waals surface area contributed by atoms with Crippen LogP contribution in [0, 0.1) is 6.92 Å². The first kappa shape index (κ1) is 17.1. The van der Waals surface area contributed by atoms with Crippen molar-refractivity contribution in [3.63, 3.8) is 0 Å². The zero-order valence-electron chi connectivity index (χ0n) is 13.9. The number of nitrogens with zero attached hydrogens (tertiary/aromatic N) is 2. The number of anilines is 1. The summed E-state index contributed by atoms with van der Waals surface area (Å²) in [4.78, 5) is 12.4. The van der Waals surface area contributed by atoms with Crippen molar-refractivity contribution in [3.05, 3.63) is 65.2 Å². The SMILES string of the molecule is Cc1cc(O[C@H](C)C(=O)Nc2ccnn2Cc2ccco2)ccc1Cl. The number of amides is 1. The maximum Gasteiger partial charge on any atom is 0.266 e. The van der Waals surface area contributed by atoms with E-state index < -0.39 is 6.10 Å². The van der Waals surface area contributed by atoms with Gasteiger partial charge in [0.1, 0.15) is 23.9 Å². The van der Waals surface area contributed by atoms with Crippen LogP contribution in [-0.2, 0) is 11.3 Å². The molecule has 0 aliphatic carbocycles. The van der Waals surface area contributed by atoms with E-state index in [0.717, 1.165) is 11.3 Å². The van der Waals surface area contributed by atoms with Crippen molar-refractivity contribution >= 4 is 23.3 Å². The van der Waals surface area contributed by atoms with Crippen LogP contribution in [0.4, 0.5) is 5.82 Å². The Morgan fingerprint density at radius 2 is 2.24 bits per heavy atom. The highest BCUT2D eigenvalue weighted by Gasteiger charge is 2.17. The summed E-state index contributed by atoms with van der Waals surface area (Å²) in [6.45, 7) is 4.00. The predicted octanol–water partition coefficient (Wildman–Crippen LogP) is 3.89. The highest BCUT2D eigenvalue weighted by atomic mass is 35.5. The van der Waals surface area contributed by atoms with Gasteiger partial charge >= 0.3 is 0 Å². The molecule has 25 heavy (non-hydrogen) atoms. The lowest BCUT2D eigenvalue weighted by Crippen LogP contribution is -2.31. The van der Waals surface area contributed by atoms with E-state index in [1.165, 1.54) is 0 Å². The van der Waals surface area contributed by atoms with Crippen LogP contribution in [0.5, 0.6) is 5.75 Å². The number of rotatable bonds is 6. The summed E-state index contributed by atoms with van der Waals surface area (Å²) in [5.74, 6) is 1.65. The van der Waals surface area contributed by atoms with E-state index in [4.69, 9.17) is 20.8 Å². The van der Waals surface area contributed by atoms with Crippen LogP contribution >= 0.6 is 11.6 Å². The van der Waals surface area contributed by atoms with Crippen molar-refractivity contribution < 1.29 is 13.9 Å². The van der Waals surface area contributed by atoms with Gasteiger partial charge in [-0.05, 0) is 49.7 Å². The topological polar surface area (TPSA) is 69.3 Å². The summed E-state index contributed by atoms with van der Waals surface area (Å²) >= 11 is 6.00. The Morgan fingerprint density at radius 1 is 1.40 bits per heavy atom. The summed E-state index contributed by atoms with van der Waals surface area (Å²) < 4.78 is 12.6. The Labute approximate surface area is 150 Å². The molecule has 130 valence electrons. The van der Waals surface area contributed by atoms with Gasteiger partial charge in [0.2, 0.25) is 0 Å². The highest BCUT2D eigenvalue weighted by Crippen LogP contribution is 2.22. The maximum absolute atomic E-state index is 12.4. The Balaban J connectivity index is 1.63. The lowest BCUT2D eigenvalue weighted by Gasteiger charge is -2.16. The van der Waals surface area contributed by atoms with Crippen molar-refractivity contribution in [2.75, 3.05) is 5.32 Å². The molecule has 0 aliphatic heterocycles. The fourth-order valence-electron chi connectivity index (χ4n) is 2.29. The normalized spacial score (nSPS) is 12.0. The Hall–Kier alpha value is -2.73. The van der Waals surface area contributed by atoms with Crippen LogP contribution in [0.2, 0.25) is 5.02 Å². The van der Waals surface area contributed by atoms with Crippen LogP contribution in [0.15, 0.2) is 53.3 Å². The number of ether oxygens (including phenoxy) is 1. The third-order valence-electron chi connectivity index (χ3n) is 3.67. The lowest BCUT2D eigenvalue weighted by molar-refractivity contribution is -0.122. The van der Waals surface area contributed by atoms with E-state index in [-0.39, 0.29) is 5.91 Å². The number of furan rings is 1. The van der Waals surface area contributed by atoms with Crippen LogP contribution in [-0.4, -0.2) is 21.8 Å². The molecule has 0 spiro atoms. The van der Waals surface area contributed by atoms with Gasteiger partial charge in [0.15, 0.2) is 6.10 Å². The van der Waals surface area contributed by atoms with Gasteiger partial charge in [-0.25, -0.2) is 4.68 Å². The van der Waals surface area contributed by atoms with Gasteiger partial charge < -0.3 is 14.5 Å². The number of halogens is 1. The van der Waals surface area contributed by atoms with Crippen LogP contribution in [0.3, 0.4) is 0 Å². The molecule has 2 heterocycles. The first-order chi connectivity index (χ1) is 12.0. The molecule has 0 saturated carbocycles. The number of hydrogen-bond donors (Lipinski definition) is 1. The highest BCUT2D eigenvalue weighted by molar-refractivity contribution is 6.31. The van der Waals surface area contributed by atoms with Gasteiger partial charge in [-0.1, -0.05) is 11.6 Å². The number of carbonyl (C=O) groups is 1. The monoisotopic (exact) mass is 359 g/mol. The van der Waals surface area contributed by atoms with Gasteiger partial charge in [-0.15, -0.1) is 0 Å². The Kier molecular flexibility index (Phi) is 5.09. The Morgan fingerprint density at radius 3 is 2.96 bits per heavy atom. The lowest BCUT2D eigenvalue weighted by atomic mass is 10.2. The minimum absolute atomic E-state index is 0.270. The second-order valence-corrected chi connectivity index (χ2v) is 6.02. The molecular weight excluding hydrogens is 342 g/mol. The zero-order valence-corrected chi connectivity index (χ0v) is 14.7. The number of aryl methyl sites for hydroxylation is 1. The molecule has 3 rings (SSSR count). The zero-order chi connectivity index (χ0) is 17.8. The van der Waals surface area contributed by atoms with Crippen LogP contribution in [0.1, 0.15) is 18.2 Å². The molecule has 0 aliphatic rings. The summed E-state index contributed by atoms with van der Waals surface area (Å²) in [6, 6.07) is 10.7. The first-order valence-electron chi connectivity index (χ1n) is 7.81. The number of benzene rings is 1. The van der Waals surface area contributed by atoms with Crippen molar-refractivity contribution in [2.45, 2.75) is 26.5 Å². The molecule has 1 atom stereocenters. The molecule has 0 saturated heterocycles. The standard InChI is InChI=1S/C18H18ClN3O3/c1-12-10-14(5-6-16(12)19)25-13(2)18(23)21-17-7-8-20-22(17)11-15-4-3-9-24-15/h3-10,13H,11H2,1-2H3,(H,21,23)/t13-/m1/s1. The average molecular weight is 360 g/mol. The first-order valence-corrected chi connectivity index (χ1v) is 8.18. The van der Waals surface area contributed by atoms with E-state index >= 15 is 0 Å². The predicted molar refractivity (Wildman–Crippen MR) is 94.9 cm³/mol. The molecule has 7 heteroatoms. The van der Waals surface area contributed by atoms with Gasteiger partial charge in [-0.3, -0.25) is 4.79 Å². The molecular formula is C18H18ClN3O3. The average Bonchev–Trinajstić information content (AvgIpc) is 3.24. The smallest absolute Gasteiger partial charge is 0.266 e. The largest absolute Gasteiger partial charge is 0.481 e. The van der Waals surface area contributed by atoms with E-state index in [2.05, 4.69) is 10.4 Å². The molecule has 1 aromatic carbocycles. The van der Waals surface area contributed by atoms with Gasteiger partial charge in [0, 0.05) is 11.1 Å². The van der Waals surface area contributed by atoms with E-state index in [9.17, 15) is 4.79 Å². The van der Waals surface area contributed by atoms with Gasteiger partial charge in [-0.2, -0.15) is 5.10 Å². The fraction of sp³-hybridized carbons (Fsp3) is 0.222. The number of carbonyl (C=O) groups excluding carboxylic acids is 1. The minimum Gasteiger partial charge on any atom is -0.481 e. The Bertz CT molecular complexity index is 858. The summed E-state index contributed by atoms with van der Waals surface area (Å²) in [7, 11) is 0. The van der Waals surface area contributed by atoms with E-state index in [0.29, 0.717) is 23.1 Å². The fourth-order valence-corrected chi connectivity index (χ4v) is 2.41. The summed E-state index contributed by atoms with van der Waals surface area (Å²) in [6.07, 6.45) is 2.54. The van der Waals surface area contributed by atoms with Gasteiger partial charge in [0.05, 0.1) is 12.5 Å². The van der Waals surface area contributed by atoms with E-state index in [1.54, 1.807) is 54.4 Å². The molecule has 2 aromatic heterocycles. The second-order valence-electron chi connectivity index (χ2n) is 5.61. The van der Waals surface area contributed by atoms with Crippen molar-refractivity contribution in [1.29, 1.82) is 0 Å².